The molecule has 0 saturated carbocycles. The van der Waals surface area contributed by atoms with E-state index in [1.165, 1.54) is 47.4 Å². The molecule has 0 aromatic heterocycles. The van der Waals surface area contributed by atoms with Crippen molar-refractivity contribution in [2.45, 2.75) is 22.9 Å². The van der Waals surface area contributed by atoms with Gasteiger partial charge in [-0.2, -0.15) is 0 Å². The first-order valence-electron chi connectivity index (χ1n) is 16.5. The summed E-state index contributed by atoms with van der Waals surface area (Å²) in [5.74, 6) is -0.995. The third kappa shape index (κ3) is 8.97. The average Bonchev–Trinajstić information content (AvgIpc) is 3.18. The molecular formula is C40H36N4O6S2. The smallest absolute Gasteiger partial charge is 0.258 e. The number of hydrogen-bond donors (Lipinski definition) is 3. The molecule has 6 aromatic rings. The highest BCUT2D eigenvalue weighted by molar-refractivity contribution is 7.89. The Kier molecular flexibility index (Phi) is 11.2. The number of fused-ring (bicyclic) bond motifs is 1. The molecule has 0 aliphatic carbocycles. The molecule has 0 aliphatic heterocycles. The van der Waals surface area contributed by atoms with Gasteiger partial charge in [0, 0.05) is 43.0 Å². The summed E-state index contributed by atoms with van der Waals surface area (Å²) in [6.45, 7) is 0.223. The van der Waals surface area contributed by atoms with Crippen LogP contribution in [0.4, 0.5) is 5.69 Å². The fourth-order valence-corrected chi connectivity index (χ4v) is 7.67. The van der Waals surface area contributed by atoms with Gasteiger partial charge in [0.05, 0.1) is 9.79 Å². The van der Waals surface area contributed by atoms with Crippen molar-refractivity contribution >= 4 is 48.3 Å². The van der Waals surface area contributed by atoms with E-state index in [0.717, 1.165) is 21.9 Å². The van der Waals surface area contributed by atoms with Gasteiger partial charge >= 0.3 is 0 Å². The molecule has 0 radical (unpaired) electrons. The van der Waals surface area contributed by atoms with E-state index < -0.39 is 31.9 Å². The van der Waals surface area contributed by atoms with Gasteiger partial charge in [-0.15, -0.1) is 0 Å². The molecule has 0 unspecified atom stereocenters. The summed E-state index contributed by atoms with van der Waals surface area (Å²) in [5.41, 5.74) is 2.40. The largest absolute Gasteiger partial charge is 0.350 e. The number of benzene rings is 6. The van der Waals surface area contributed by atoms with Crippen LogP contribution >= 0.6 is 0 Å². The zero-order valence-electron chi connectivity index (χ0n) is 28.0. The molecule has 0 heterocycles. The second-order valence-electron chi connectivity index (χ2n) is 11.9. The Hall–Kier alpha value is -5.66. The fourth-order valence-electron chi connectivity index (χ4n) is 5.55. The minimum atomic E-state index is -3.95. The molecule has 6 aromatic carbocycles. The molecule has 0 atom stereocenters. The van der Waals surface area contributed by atoms with Crippen LogP contribution in [-0.4, -0.2) is 41.7 Å². The zero-order chi connectivity index (χ0) is 36.6. The lowest BCUT2D eigenvalue weighted by atomic mass is 10.1. The number of anilines is 1. The van der Waals surface area contributed by atoms with Crippen molar-refractivity contribution < 1.29 is 26.4 Å². The van der Waals surface area contributed by atoms with Gasteiger partial charge in [0.15, 0.2) is 0 Å². The molecule has 0 aliphatic rings. The lowest BCUT2D eigenvalue weighted by Gasteiger charge is -2.24. The summed E-state index contributed by atoms with van der Waals surface area (Å²) in [4.78, 5) is 28.7. The number of carbonyl (C=O) groups excluding carboxylic acids is 2. The Morgan fingerprint density at radius 3 is 1.63 bits per heavy atom. The van der Waals surface area contributed by atoms with Crippen molar-refractivity contribution in [1.29, 1.82) is 0 Å². The summed E-state index contributed by atoms with van der Waals surface area (Å²) >= 11 is 0. The van der Waals surface area contributed by atoms with Crippen LogP contribution in [0, 0.1) is 0 Å². The third-order valence-electron chi connectivity index (χ3n) is 8.33. The fraction of sp³-hybridized carbons (Fsp3) is 0.100. The second kappa shape index (κ2) is 16.1. The summed E-state index contributed by atoms with van der Waals surface area (Å²) in [7, 11) is -7.86. The monoisotopic (exact) mass is 732 g/mol. The van der Waals surface area contributed by atoms with E-state index in [1.807, 2.05) is 84.9 Å². The highest BCUT2D eigenvalue weighted by Gasteiger charge is 2.22. The maximum Gasteiger partial charge on any atom is 0.258 e. The van der Waals surface area contributed by atoms with E-state index in [9.17, 15) is 26.4 Å². The Balaban J connectivity index is 1.19. The molecule has 6 rings (SSSR count). The van der Waals surface area contributed by atoms with Gasteiger partial charge in [0.25, 0.3) is 11.8 Å². The van der Waals surface area contributed by atoms with Gasteiger partial charge in [-0.1, -0.05) is 103 Å². The molecule has 10 nitrogen and oxygen atoms in total. The van der Waals surface area contributed by atoms with Crippen molar-refractivity contribution in [2.24, 2.45) is 0 Å². The number of sulfonamides is 2. The van der Waals surface area contributed by atoms with Crippen LogP contribution in [0.1, 0.15) is 31.8 Å². The van der Waals surface area contributed by atoms with E-state index in [1.54, 1.807) is 24.3 Å². The van der Waals surface area contributed by atoms with Crippen molar-refractivity contribution in [3.8, 4) is 0 Å². The van der Waals surface area contributed by atoms with E-state index in [4.69, 9.17) is 0 Å². The van der Waals surface area contributed by atoms with Crippen molar-refractivity contribution in [3.05, 3.63) is 174 Å². The molecule has 264 valence electrons. The average molecular weight is 733 g/mol. The van der Waals surface area contributed by atoms with Gasteiger partial charge in [0.1, 0.15) is 0 Å². The third-order valence-corrected chi connectivity index (χ3v) is 11.1. The van der Waals surface area contributed by atoms with E-state index in [0.29, 0.717) is 5.69 Å². The number of nitrogens with zero attached hydrogens (tertiary/aromatic N) is 1. The number of hydrogen-bond acceptors (Lipinski definition) is 6. The lowest BCUT2D eigenvalue weighted by Crippen LogP contribution is -2.39. The molecule has 3 N–H and O–H groups in total. The minimum absolute atomic E-state index is 0.0112. The first kappa shape index (κ1) is 36.1. The van der Waals surface area contributed by atoms with Crippen LogP contribution in [0.5, 0.6) is 0 Å². The van der Waals surface area contributed by atoms with E-state index in [2.05, 4.69) is 14.8 Å². The molecule has 0 spiro atoms. The highest BCUT2D eigenvalue weighted by Crippen LogP contribution is 2.24. The number of rotatable bonds is 14. The van der Waals surface area contributed by atoms with Crippen LogP contribution in [0.25, 0.3) is 10.8 Å². The first-order valence-corrected chi connectivity index (χ1v) is 19.4. The lowest BCUT2D eigenvalue weighted by molar-refractivity contribution is 0.0943. The molecule has 0 saturated heterocycles. The van der Waals surface area contributed by atoms with Crippen LogP contribution in [-0.2, 0) is 33.1 Å². The highest BCUT2D eigenvalue weighted by atomic mass is 32.2. The standard InChI is InChI=1S/C40H36N4O6S2/c45-39(34-17-9-19-37(26-34)51(47,48)42-28-30-11-3-1-4-12-30)41-23-24-44(36-22-21-32-15-7-8-16-33(32)25-36)40(46)35-18-10-20-38(27-35)52(49,50)43-29-31-13-5-2-6-14-31/h1-22,25-27,42-43H,23-24,28-29H2,(H,41,45). The summed E-state index contributed by atoms with van der Waals surface area (Å²) < 4.78 is 57.6. The minimum Gasteiger partial charge on any atom is -0.350 e. The Bertz CT molecular complexity index is 2420. The van der Waals surface area contributed by atoms with Crippen molar-refractivity contribution in [1.82, 2.24) is 14.8 Å². The van der Waals surface area contributed by atoms with Crippen LogP contribution < -0.4 is 19.7 Å². The second-order valence-corrected chi connectivity index (χ2v) is 15.5. The molecule has 0 fully saturated rings. The molecule has 2 amide bonds. The summed E-state index contributed by atoms with van der Waals surface area (Å²) in [6.07, 6.45) is 0. The predicted molar refractivity (Wildman–Crippen MR) is 202 cm³/mol. The van der Waals surface area contributed by atoms with Gasteiger partial charge in [-0.05, 0) is 70.4 Å². The number of amides is 2. The van der Waals surface area contributed by atoms with Gasteiger partial charge in [0.2, 0.25) is 20.0 Å². The van der Waals surface area contributed by atoms with E-state index >= 15 is 0 Å². The van der Waals surface area contributed by atoms with E-state index in [-0.39, 0.29) is 47.1 Å². The quantitative estimate of drug-likeness (QED) is 0.128. The van der Waals surface area contributed by atoms with Crippen LogP contribution in [0.2, 0.25) is 0 Å². The van der Waals surface area contributed by atoms with Crippen LogP contribution in [0.15, 0.2) is 161 Å². The Morgan fingerprint density at radius 1 is 0.519 bits per heavy atom. The van der Waals surface area contributed by atoms with Crippen molar-refractivity contribution in [2.75, 3.05) is 18.0 Å². The predicted octanol–water partition coefficient (Wildman–Crippen LogP) is 5.87. The maximum atomic E-state index is 14.1. The molecule has 0 bridgehead atoms. The summed E-state index contributed by atoms with van der Waals surface area (Å²) in [6, 6.07) is 42.9. The first-order chi connectivity index (χ1) is 25.1. The Labute approximate surface area is 303 Å². The van der Waals surface area contributed by atoms with Gasteiger partial charge in [-0.25, -0.2) is 26.3 Å². The Morgan fingerprint density at radius 2 is 1.04 bits per heavy atom. The van der Waals surface area contributed by atoms with Crippen LogP contribution in [0.3, 0.4) is 0 Å². The molecule has 12 heteroatoms. The number of nitrogens with one attached hydrogen (secondary N) is 3. The van der Waals surface area contributed by atoms with Gasteiger partial charge < -0.3 is 10.2 Å². The molecular weight excluding hydrogens is 697 g/mol. The van der Waals surface area contributed by atoms with Crippen molar-refractivity contribution in [3.63, 3.8) is 0 Å². The normalized spacial score (nSPS) is 11.6. The maximum absolute atomic E-state index is 14.1. The summed E-state index contributed by atoms with van der Waals surface area (Å²) in [5, 5.41) is 4.65. The SMILES string of the molecule is O=C(NCCN(C(=O)c1cccc(S(=O)(=O)NCc2ccccc2)c1)c1ccc2ccccc2c1)c1cccc(S(=O)(=O)NCc2ccccc2)c1. The number of carbonyl (C=O) groups is 2. The molecule has 52 heavy (non-hydrogen) atoms. The van der Waals surface area contributed by atoms with Gasteiger partial charge in [-0.3, -0.25) is 9.59 Å². The topological polar surface area (TPSA) is 142 Å². The zero-order valence-corrected chi connectivity index (χ0v) is 29.6.